The molecule has 0 radical (unpaired) electrons. The molecule has 146 valence electrons. The zero-order chi connectivity index (χ0) is 19.9. The Labute approximate surface area is 169 Å². The van der Waals surface area contributed by atoms with Crippen molar-refractivity contribution in [2.24, 2.45) is 0 Å². The van der Waals surface area contributed by atoms with E-state index in [0.717, 1.165) is 29.5 Å². The summed E-state index contributed by atoms with van der Waals surface area (Å²) in [7, 11) is 0. The molecule has 5 nitrogen and oxygen atoms in total. The normalized spacial score (nSPS) is 16.1. The molecule has 0 aliphatic carbocycles. The highest BCUT2D eigenvalue weighted by atomic mass is 32.2. The molecular formula is C22H23NO4S. The van der Waals surface area contributed by atoms with Crippen molar-refractivity contribution in [3.8, 4) is 11.5 Å². The summed E-state index contributed by atoms with van der Waals surface area (Å²) in [6, 6.07) is 15.5. The van der Waals surface area contributed by atoms with Crippen LogP contribution in [0, 0.1) is 0 Å². The van der Waals surface area contributed by atoms with Gasteiger partial charge in [0.1, 0.15) is 24.7 Å². The summed E-state index contributed by atoms with van der Waals surface area (Å²) in [4.78, 5) is 23.4. The minimum atomic E-state index is -0.380. The van der Waals surface area contributed by atoms with Crippen molar-refractivity contribution in [1.29, 1.82) is 0 Å². The second-order valence-corrected chi connectivity index (χ2v) is 7.45. The number of rotatable bonds is 8. The Balaban J connectivity index is 1.62. The molecule has 1 heterocycles. The fourth-order valence-electron chi connectivity index (χ4n) is 2.84. The molecule has 1 aliphatic heterocycles. The van der Waals surface area contributed by atoms with Crippen LogP contribution in [0.4, 0.5) is 4.79 Å². The van der Waals surface area contributed by atoms with E-state index in [4.69, 9.17) is 9.47 Å². The van der Waals surface area contributed by atoms with Crippen LogP contribution in [-0.2, 0) is 4.79 Å². The summed E-state index contributed by atoms with van der Waals surface area (Å²) < 4.78 is 11.8. The van der Waals surface area contributed by atoms with E-state index in [-0.39, 0.29) is 11.1 Å². The lowest BCUT2D eigenvalue weighted by Gasteiger charge is -2.16. The molecule has 0 aromatic heterocycles. The van der Waals surface area contributed by atoms with Gasteiger partial charge in [-0.05, 0) is 47.9 Å². The first-order valence-electron chi connectivity index (χ1n) is 9.27. The monoisotopic (exact) mass is 397 g/mol. The molecule has 0 unspecified atom stereocenters. The number of amides is 2. The predicted molar refractivity (Wildman–Crippen MR) is 112 cm³/mol. The summed E-state index contributed by atoms with van der Waals surface area (Å²) in [5.74, 6) is 1.58. The number of carbonyl (C=O) groups is 2. The van der Waals surface area contributed by atoms with Crippen LogP contribution in [0.1, 0.15) is 37.3 Å². The third-order valence-electron chi connectivity index (χ3n) is 4.51. The van der Waals surface area contributed by atoms with Crippen molar-refractivity contribution >= 4 is 29.0 Å². The Morgan fingerprint density at radius 2 is 1.64 bits per heavy atom. The Morgan fingerprint density at radius 3 is 2.32 bits per heavy atom. The smallest absolute Gasteiger partial charge is 0.290 e. The number of hydrogen-bond acceptors (Lipinski definition) is 5. The molecular weight excluding hydrogens is 374 g/mol. The average molecular weight is 397 g/mol. The molecule has 3 rings (SSSR count). The first-order chi connectivity index (χ1) is 13.6. The van der Waals surface area contributed by atoms with Crippen molar-refractivity contribution in [2.75, 3.05) is 13.2 Å². The van der Waals surface area contributed by atoms with E-state index >= 15 is 0 Å². The largest absolute Gasteiger partial charge is 0.490 e. The number of hydrogen-bond donors (Lipinski definition) is 1. The Hall–Kier alpha value is -2.73. The Kier molecular flexibility index (Phi) is 6.76. The van der Waals surface area contributed by atoms with Gasteiger partial charge in [-0.1, -0.05) is 50.2 Å². The van der Waals surface area contributed by atoms with Gasteiger partial charge in [-0.3, -0.25) is 14.9 Å². The average Bonchev–Trinajstić information content (AvgIpc) is 3.03. The van der Waals surface area contributed by atoms with E-state index < -0.39 is 0 Å². The number of para-hydroxylation sites is 2. The molecule has 1 aliphatic rings. The number of carbonyl (C=O) groups excluding carboxylic acids is 2. The summed E-state index contributed by atoms with van der Waals surface area (Å²) in [5.41, 5.74) is 1.94. The molecule has 2 aromatic rings. The standard InChI is InChI=1S/C22H23NO4S/c1-3-15(2)17-9-5-7-11-19(17)27-13-12-26-18-10-6-4-8-16(18)14-20-21(24)23-22(25)28-20/h4-11,14-15H,3,12-13H2,1-2H3,(H,23,24,25)/b20-14+/t15-/m0/s1. The highest BCUT2D eigenvalue weighted by Gasteiger charge is 2.25. The summed E-state index contributed by atoms with van der Waals surface area (Å²) in [5, 5.41) is 1.89. The van der Waals surface area contributed by atoms with Gasteiger partial charge in [-0.15, -0.1) is 0 Å². The lowest BCUT2D eigenvalue weighted by Crippen LogP contribution is -2.17. The zero-order valence-electron chi connectivity index (χ0n) is 15.9. The van der Waals surface area contributed by atoms with Gasteiger partial charge >= 0.3 is 0 Å². The third-order valence-corrected chi connectivity index (χ3v) is 5.32. The van der Waals surface area contributed by atoms with Gasteiger partial charge in [-0.2, -0.15) is 0 Å². The van der Waals surface area contributed by atoms with Crippen molar-refractivity contribution in [3.05, 3.63) is 64.6 Å². The van der Waals surface area contributed by atoms with Crippen LogP contribution in [-0.4, -0.2) is 24.4 Å². The van der Waals surface area contributed by atoms with Gasteiger partial charge < -0.3 is 9.47 Å². The first kappa shape index (κ1) is 20.0. The SMILES string of the molecule is CC[C@H](C)c1ccccc1OCCOc1ccccc1/C=C1/SC(=O)NC1=O. The van der Waals surface area contributed by atoms with E-state index in [0.29, 0.717) is 29.8 Å². The third kappa shape index (κ3) is 4.95. The fraction of sp³-hybridized carbons (Fsp3) is 0.273. The fourth-order valence-corrected chi connectivity index (χ4v) is 3.51. The van der Waals surface area contributed by atoms with Gasteiger partial charge in [0.05, 0.1) is 4.91 Å². The van der Waals surface area contributed by atoms with Gasteiger partial charge in [-0.25, -0.2) is 0 Å². The van der Waals surface area contributed by atoms with E-state index in [9.17, 15) is 9.59 Å². The van der Waals surface area contributed by atoms with E-state index in [1.54, 1.807) is 6.08 Å². The molecule has 6 heteroatoms. The van der Waals surface area contributed by atoms with Crippen LogP contribution in [0.3, 0.4) is 0 Å². The van der Waals surface area contributed by atoms with Crippen LogP contribution >= 0.6 is 11.8 Å². The maximum Gasteiger partial charge on any atom is 0.290 e. The number of benzene rings is 2. The molecule has 0 saturated carbocycles. The molecule has 1 N–H and O–H groups in total. The molecule has 28 heavy (non-hydrogen) atoms. The second-order valence-electron chi connectivity index (χ2n) is 6.43. The van der Waals surface area contributed by atoms with Gasteiger partial charge in [0, 0.05) is 5.56 Å². The molecule has 1 fully saturated rings. The second kappa shape index (κ2) is 9.46. The highest BCUT2D eigenvalue weighted by molar-refractivity contribution is 8.18. The van der Waals surface area contributed by atoms with Crippen LogP contribution in [0.5, 0.6) is 11.5 Å². The van der Waals surface area contributed by atoms with Crippen molar-refractivity contribution in [1.82, 2.24) is 5.32 Å². The number of imide groups is 1. The predicted octanol–water partition coefficient (Wildman–Crippen LogP) is 4.98. The summed E-state index contributed by atoms with van der Waals surface area (Å²) >= 11 is 0.890. The number of ether oxygens (including phenoxy) is 2. The quantitative estimate of drug-likeness (QED) is 0.503. The topological polar surface area (TPSA) is 64.6 Å². The van der Waals surface area contributed by atoms with E-state index in [1.165, 1.54) is 5.56 Å². The van der Waals surface area contributed by atoms with E-state index in [2.05, 4.69) is 25.2 Å². The molecule has 0 bridgehead atoms. The van der Waals surface area contributed by atoms with Crippen molar-refractivity contribution in [3.63, 3.8) is 0 Å². The van der Waals surface area contributed by atoms with Crippen LogP contribution in [0.25, 0.3) is 6.08 Å². The molecule has 1 atom stereocenters. The Bertz CT molecular complexity index is 894. The lowest BCUT2D eigenvalue weighted by molar-refractivity contribution is -0.115. The molecule has 1 saturated heterocycles. The summed E-state index contributed by atoms with van der Waals surface area (Å²) in [6.45, 7) is 5.12. The molecule has 2 amide bonds. The molecule has 2 aromatic carbocycles. The van der Waals surface area contributed by atoms with Gasteiger partial charge in [0.25, 0.3) is 11.1 Å². The van der Waals surface area contributed by atoms with Crippen LogP contribution in [0.2, 0.25) is 0 Å². The maximum absolute atomic E-state index is 11.7. The Morgan fingerprint density at radius 1 is 1.00 bits per heavy atom. The summed E-state index contributed by atoms with van der Waals surface area (Å²) in [6.07, 6.45) is 2.71. The van der Waals surface area contributed by atoms with E-state index in [1.807, 2.05) is 42.5 Å². The highest BCUT2D eigenvalue weighted by Crippen LogP contribution is 2.30. The number of thioether (sulfide) groups is 1. The number of nitrogens with one attached hydrogen (secondary N) is 1. The zero-order valence-corrected chi connectivity index (χ0v) is 16.8. The van der Waals surface area contributed by atoms with Gasteiger partial charge in [0.15, 0.2) is 0 Å². The lowest BCUT2D eigenvalue weighted by atomic mass is 9.98. The minimum absolute atomic E-state index is 0.358. The van der Waals surface area contributed by atoms with Crippen LogP contribution in [0.15, 0.2) is 53.4 Å². The van der Waals surface area contributed by atoms with Crippen molar-refractivity contribution in [2.45, 2.75) is 26.2 Å². The maximum atomic E-state index is 11.7. The molecule has 0 spiro atoms. The first-order valence-corrected chi connectivity index (χ1v) is 10.1. The van der Waals surface area contributed by atoms with Gasteiger partial charge in [0.2, 0.25) is 0 Å². The minimum Gasteiger partial charge on any atom is -0.490 e. The van der Waals surface area contributed by atoms with Crippen LogP contribution < -0.4 is 14.8 Å². The van der Waals surface area contributed by atoms with Crippen molar-refractivity contribution < 1.29 is 19.1 Å².